The topological polar surface area (TPSA) is 29.0 Å². The highest BCUT2D eigenvalue weighted by molar-refractivity contribution is 5.56. The van der Waals surface area contributed by atoms with Gasteiger partial charge in [-0.1, -0.05) is 0 Å². The average Bonchev–Trinajstić information content (AvgIpc) is 2.30. The van der Waals surface area contributed by atoms with Gasteiger partial charge in [-0.2, -0.15) is 0 Å². The van der Waals surface area contributed by atoms with Crippen molar-refractivity contribution >= 4 is 11.5 Å². The van der Waals surface area contributed by atoms with Crippen molar-refractivity contribution in [3.8, 4) is 0 Å². The minimum absolute atomic E-state index is 0.792. The van der Waals surface area contributed by atoms with Crippen molar-refractivity contribution in [3.05, 3.63) is 48.9 Å². The van der Waals surface area contributed by atoms with Gasteiger partial charge in [-0.15, -0.1) is 0 Å². The smallest absolute Gasteiger partial charge is 0.140 e. The Bertz CT molecular complexity index is 346. The molecule has 2 aromatic rings. The summed E-state index contributed by atoms with van der Waals surface area (Å²) in [6.45, 7) is 0. The molecule has 2 rings (SSSR count). The van der Waals surface area contributed by atoms with E-state index in [4.69, 9.17) is 0 Å². The normalized spacial score (nSPS) is 9.79. The first kappa shape index (κ1) is 8.69. The first-order valence-corrected chi connectivity index (χ1v) is 4.34. The van der Waals surface area contributed by atoms with Crippen molar-refractivity contribution in [2.75, 3.05) is 11.9 Å². The monoisotopic (exact) mass is 184 g/mol. The second-order valence-corrected chi connectivity index (χ2v) is 2.88. The highest BCUT2D eigenvalue weighted by Crippen LogP contribution is 2.18. The van der Waals surface area contributed by atoms with Crippen LogP contribution >= 0.6 is 0 Å². The summed E-state index contributed by atoms with van der Waals surface area (Å²) >= 11 is 0. The first-order valence-electron chi connectivity index (χ1n) is 4.34. The third-order valence-corrected chi connectivity index (χ3v) is 1.94. The van der Waals surface area contributed by atoms with Gasteiger partial charge in [-0.05, 0) is 24.3 Å². The summed E-state index contributed by atoms with van der Waals surface area (Å²) in [5.74, 6) is 0.792. The number of pyridine rings is 2. The Labute approximate surface area is 83.1 Å². The Kier molecular flexibility index (Phi) is 2.40. The van der Waals surface area contributed by atoms with Crippen LogP contribution in [0.2, 0.25) is 0 Å². The van der Waals surface area contributed by atoms with Crippen LogP contribution in [0.5, 0.6) is 0 Å². The molecule has 2 aromatic heterocycles. The molecule has 0 aliphatic rings. The molecule has 3 heteroatoms. The van der Waals surface area contributed by atoms with Crippen LogP contribution < -0.4 is 4.90 Å². The molecule has 0 aliphatic heterocycles. The SMILES string of the molecule is CN(c1cccnc1)c1[c]cccn1. The summed E-state index contributed by atoms with van der Waals surface area (Å²) in [6.07, 6.45) is 5.29. The highest BCUT2D eigenvalue weighted by atomic mass is 15.2. The van der Waals surface area contributed by atoms with E-state index in [-0.39, 0.29) is 0 Å². The van der Waals surface area contributed by atoms with Crippen molar-refractivity contribution in [2.24, 2.45) is 0 Å². The van der Waals surface area contributed by atoms with Crippen molar-refractivity contribution in [1.29, 1.82) is 0 Å². The summed E-state index contributed by atoms with van der Waals surface area (Å²) < 4.78 is 0. The van der Waals surface area contributed by atoms with Crippen LogP contribution in [0, 0.1) is 6.07 Å². The van der Waals surface area contributed by atoms with Gasteiger partial charge in [0.15, 0.2) is 0 Å². The van der Waals surface area contributed by atoms with E-state index in [0.717, 1.165) is 11.5 Å². The summed E-state index contributed by atoms with van der Waals surface area (Å²) in [7, 11) is 1.94. The maximum Gasteiger partial charge on any atom is 0.140 e. The third-order valence-electron chi connectivity index (χ3n) is 1.94. The zero-order valence-electron chi connectivity index (χ0n) is 7.88. The van der Waals surface area contributed by atoms with Gasteiger partial charge < -0.3 is 4.90 Å². The third kappa shape index (κ3) is 1.71. The lowest BCUT2D eigenvalue weighted by Gasteiger charge is -2.16. The molecule has 0 saturated carbocycles. The lowest BCUT2D eigenvalue weighted by molar-refractivity contribution is 1.11. The lowest BCUT2D eigenvalue weighted by Crippen LogP contribution is -2.10. The number of aromatic nitrogens is 2. The first-order chi connectivity index (χ1) is 6.88. The van der Waals surface area contributed by atoms with E-state index >= 15 is 0 Å². The Morgan fingerprint density at radius 1 is 1.29 bits per heavy atom. The summed E-state index contributed by atoms with van der Waals surface area (Å²) in [5, 5.41) is 0. The van der Waals surface area contributed by atoms with Crippen LogP contribution in [-0.2, 0) is 0 Å². The zero-order valence-corrected chi connectivity index (χ0v) is 7.88. The molecule has 0 aliphatic carbocycles. The summed E-state index contributed by atoms with van der Waals surface area (Å²) in [4.78, 5) is 10.2. The van der Waals surface area contributed by atoms with Crippen molar-refractivity contribution in [1.82, 2.24) is 9.97 Å². The molecule has 0 N–H and O–H groups in total. The van der Waals surface area contributed by atoms with Crippen LogP contribution in [0.4, 0.5) is 11.5 Å². The van der Waals surface area contributed by atoms with E-state index in [2.05, 4.69) is 16.0 Å². The van der Waals surface area contributed by atoms with Gasteiger partial charge in [-0.3, -0.25) is 4.98 Å². The van der Waals surface area contributed by atoms with Crippen molar-refractivity contribution < 1.29 is 0 Å². The fraction of sp³-hybridized carbons (Fsp3) is 0.0909. The fourth-order valence-electron chi connectivity index (χ4n) is 1.17. The minimum Gasteiger partial charge on any atom is -0.328 e. The summed E-state index contributed by atoms with van der Waals surface area (Å²) in [6, 6.07) is 10.6. The Morgan fingerprint density at radius 2 is 2.21 bits per heavy atom. The molecule has 1 radical (unpaired) electrons. The van der Waals surface area contributed by atoms with Crippen LogP contribution in [-0.4, -0.2) is 17.0 Å². The van der Waals surface area contributed by atoms with Crippen LogP contribution in [0.3, 0.4) is 0 Å². The average molecular weight is 184 g/mol. The number of hydrogen-bond acceptors (Lipinski definition) is 3. The molecule has 0 unspecified atom stereocenters. The van der Waals surface area contributed by atoms with E-state index < -0.39 is 0 Å². The van der Waals surface area contributed by atoms with Gasteiger partial charge in [0, 0.05) is 25.5 Å². The van der Waals surface area contributed by atoms with E-state index in [1.165, 1.54) is 0 Å². The molecule has 0 fully saturated rings. The second kappa shape index (κ2) is 3.87. The predicted molar refractivity (Wildman–Crippen MR) is 55.4 cm³/mol. The molecule has 0 atom stereocenters. The number of nitrogens with zero attached hydrogens (tertiary/aromatic N) is 3. The van der Waals surface area contributed by atoms with Crippen molar-refractivity contribution in [3.63, 3.8) is 0 Å². The Hall–Kier alpha value is -1.90. The molecule has 0 saturated heterocycles. The molecule has 69 valence electrons. The fourth-order valence-corrected chi connectivity index (χ4v) is 1.17. The maximum absolute atomic E-state index is 4.20. The van der Waals surface area contributed by atoms with E-state index in [1.54, 1.807) is 18.6 Å². The van der Waals surface area contributed by atoms with Gasteiger partial charge in [0.2, 0.25) is 0 Å². The lowest BCUT2D eigenvalue weighted by atomic mass is 10.3. The van der Waals surface area contributed by atoms with E-state index in [0.29, 0.717) is 0 Å². The molecule has 3 nitrogen and oxygen atoms in total. The van der Waals surface area contributed by atoms with Gasteiger partial charge in [0.05, 0.1) is 11.9 Å². The van der Waals surface area contributed by atoms with E-state index in [9.17, 15) is 0 Å². The van der Waals surface area contributed by atoms with Crippen molar-refractivity contribution in [2.45, 2.75) is 0 Å². The number of rotatable bonds is 2. The van der Waals surface area contributed by atoms with Gasteiger partial charge in [0.25, 0.3) is 0 Å². The Balaban J connectivity index is 2.30. The van der Waals surface area contributed by atoms with Crippen LogP contribution in [0.15, 0.2) is 42.9 Å². The quantitative estimate of drug-likeness (QED) is 0.715. The number of anilines is 2. The van der Waals surface area contributed by atoms with Crippen LogP contribution in [0.25, 0.3) is 0 Å². The molecule has 0 amide bonds. The van der Waals surface area contributed by atoms with Gasteiger partial charge >= 0.3 is 0 Å². The van der Waals surface area contributed by atoms with Crippen LogP contribution in [0.1, 0.15) is 0 Å². The standard InChI is InChI=1S/C11H10N3/c1-14(10-5-4-7-12-9-10)11-6-2-3-8-13-11/h2-5,7-9H,1H3. The summed E-state index contributed by atoms with van der Waals surface area (Å²) in [5.41, 5.74) is 1.00. The molecule has 0 aromatic carbocycles. The van der Waals surface area contributed by atoms with Gasteiger partial charge in [0.1, 0.15) is 5.82 Å². The molecule has 2 heterocycles. The maximum atomic E-state index is 4.20. The number of hydrogen-bond donors (Lipinski definition) is 0. The molecular weight excluding hydrogens is 174 g/mol. The predicted octanol–water partition coefficient (Wildman–Crippen LogP) is 2.04. The Morgan fingerprint density at radius 3 is 2.86 bits per heavy atom. The highest BCUT2D eigenvalue weighted by Gasteiger charge is 2.03. The molecular formula is C11H10N3. The van der Waals surface area contributed by atoms with Gasteiger partial charge in [-0.25, -0.2) is 4.98 Å². The molecule has 0 bridgehead atoms. The largest absolute Gasteiger partial charge is 0.328 e. The molecule has 0 spiro atoms. The van der Waals surface area contributed by atoms with E-state index in [1.807, 2.05) is 36.2 Å². The molecule has 14 heavy (non-hydrogen) atoms. The second-order valence-electron chi connectivity index (χ2n) is 2.88. The minimum atomic E-state index is 0.792. The zero-order chi connectivity index (χ0) is 9.80.